The van der Waals surface area contributed by atoms with Crippen LogP contribution in [0.3, 0.4) is 0 Å². The van der Waals surface area contributed by atoms with Crippen LogP contribution >= 0.6 is 0 Å². The lowest BCUT2D eigenvalue weighted by Crippen LogP contribution is -2.11. The summed E-state index contributed by atoms with van der Waals surface area (Å²) in [7, 11) is 0. The molecule has 0 radical (unpaired) electrons. The molecule has 0 bridgehead atoms. The molecular weight excluding hydrogens is 174 g/mol. The van der Waals surface area contributed by atoms with Crippen molar-refractivity contribution in [3.05, 3.63) is 0 Å². The van der Waals surface area contributed by atoms with Gasteiger partial charge in [0.25, 0.3) is 0 Å². The maximum absolute atomic E-state index is 10.8. The minimum absolute atomic E-state index is 0.295. The van der Waals surface area contributed by atoms with Crippen LogP contribution in [-0.4, -0.2) is 25.3 Å². The number of hydrogen-bond acceptors (Lipinski definition) is 5. The highest BCUT2D eigenvalue weighted by molar-refractivity contribution is 5.69. The number of ether oxygens (including phenoxy) is 2. The van der Waals surface area contributed by atoms with E-state index in [9.17, 15) is 9.59 Å². The van der Waals surface area contributed by atoms with Crippen LogP contribution in [0.2, 0.25) is 0 Å². The molecule has 0 spiro atoms. The number of rotatable bonds is 6. The Labute approximate surface area is 77.2 Å². The Morgan fingerprint density at radius 3 is 2.46 bits per heavy atom. The van der Waals surface area contributed by atoms with Crippen molar-refractivity contribution in [2.24, 2.45) is 5.73 Å². The molecule has 0 saturated carbocycles. The Kier molecular flexibility index (Phi) is 6.91. The van der Waals surface area contributed by atoms with Crippen LogP contribution in [0.25, 0.3) is 0 Å². The van der Waals surface area contributed by atoms with E-state index in [4.69, 9.17) is 5.73 Å². The van der Waals surface area contributed by atoms with Crippen molar-refractivity contribution in [2.45, 2.75) is 26.2 Å². The van der Waals surface area contributed by atoms with Crippen molar-refractivity contribution in [2.75, 3.05) is 13.3 Å². The molecule has 0 aromatic heterocycles. The van der Waals surface area contributed by atoms with Gasteiger partial charge in [0.15, 0.2) is 0 Å². The van der Waals surface area contributed by atoms with E-state index in [1.807, 2.05) is 0 Å². The van der Waals surface area contributed by atoms with Crippen molar-refractivity contribution >= 4 is 11.9 Å². The lowest BCUT2D eigenvalue weighted by Gasteiger charge is -2.03. The summed E-state index contributed by atoms with van der Waals surface area (Å²) >= 11 is 0. The van der Waals surface area contributed by atoms with Crippen molar-refractivity contribution < 1.29 is 19.1 Å². The van der Waals surface area contributed by atoms with E-state index in [2.05, 4.69) is 9.47 Å². The van der Waals surface area contributed by atoms with E-state index in [1.54, 1.807) is 0 Å². The fourth-order valence-corrected chi connectivity index (χ4v) is 0.664. The van der Waals surface area contributed by atoms with Gasteiger partial charge in [-0.05, 0) is 19.4 Å². The second-order valence-corrected chi connectivity index (χ2v) is 2.52. The van der Waals surface area contributed by atoms with Crippen molar-refractivity contribution in [1.29, 1.82) is 0 Å². The number of carbonyl (C=O) groups excluding carboxylic acids is 2. The number of esters is 2. The van der Waals surface area contributed by atoms with E-state index in [0.717, 1.165) is 6.42 Å². The molecule has 0 aliphatic heterocycles. The Bertz CT molecular complexity index is 170. The maximum Gasteiger partial charge on any atom is 0.308 e. The smallest absolute Gasteiger partial charge is 0.308 e. The van der Waals surface area contributed by atoms with Gasteiger partial charge in [-0.25, -0.2) is 0 Å². The molecule has 0 fully saturated rings. The van der Waals surface area contributed by atoms with Crippen LogP contribution in [0.5, 0.6) is 0 Å². The molecule has 5 heteroatoms. The Hall–Kier alpha value is -1.10. The predicted molar refractivity (Wildman–Crippen MR) is 45.6 cm³/mol. The lowest BCUT2D eigenvalue weighted by atomic mass is 10.2. The molecule has 0 saturated heterocycles. The van der Waals surface area contributed by atoms with Gasteiger partial charge in [0.1, 0.15) is 0 Å². The summed E-state index contributed by atoms with van der Waals surface area (Å²) in [4.78, 5) is 21.1. The summed E-state index contributed by atoms with van der Waals surface area (Å²) in [5, 5.41) is 0. The Balaban J connectivity index is 3.25. The minimum Gasteiger partial charge on any atom is -0.428 e. The van der Waals surface area contributed by atoms with Gasteiger partial charge in [-0.15, -0.1) is 0 Å². The molecule has 0 heterocycles. The molecule has 0 aliphatic carbocycles. The lowest BCUT2D eigenvalue weighted by molar-refractivity contribution is -0.165. The van der Waals surface area contributed by atoms with Crippen LogP contribution in [-0.2, 0) is 19.1 Å². The SMILES string of the molecule is CC(=O)OCOC(=O)CCCCN. The van der Waals surface area contributed by atoms with Crippen LogP contribution in [0, 0.1) is 0 Å². The standard InChI is InChI=1S/C8H15NO4/c1-7(10)12-6-13-8(11)4-2-3-5-9/h2-6,9H2,1H3. The molecule has 0 amide bonds. The molecule has 13 heavy (non-hydrogen) atoms. The first-order valence-corrected chi connectivity index (χ1v) is 4.16. The summed E-state index contributed by atoms with van der Waals surface area (Å²) < 4.78 is 8.99. The summed E-state index contributed by atoms with van der Waals surface area (Å²) in [6.07, 6.45) is 1.82. The van der Waals surface area contributed by atoms with Crippen molar-refractivity contribution in [3.8, 4) is 0 Å². The molecule has 0 atom stereocenters. The topological polar surface area (TPSA) is 78.6 Å². The average Bonchev–Trinajstić information content (AvgIpc) is 2.04. The van der Waals surface area contributed by atoms with Crippen molar-refractivity contribution in [1.82, 2.24) is 0 Å². The first-order chi connectivity index (χ1) is 6.16. The minimum atomic E-state index is -0.463. The quantitative estimate of drug-likeness (QED) is 0.366. The summed E-state index contributed by atoms with van der Waals surface area (Å²) in [6, 6.07) is 0. The van der Waals surface area contributed by atoms with E-state index < -0.39 is 5.97 Å². The van der Waals surface area contributed by atoms with E-state index in [-0.39, 0.29) is 12.8 Å². The third kappa shape index (κ3) is 8.81. The second kappa shape index (κ2) is 7.54. The molecular formula is C8H15NO4. The fraction of sp³-hybridized carbons (Fsp3) is 0.750. The van der Waals surface area contributed by atoms with Gasteiger partial charge in [0.2, 0.25) is 6.79 Å². The first-order valence-electron chi connectivity index (χ1n) is 4.16. The average molecular weight is 189 g/mol. The van der Waals surface area contributed by atoms with Gasteiger partial charge in [-0.2, -0.15) is 0 Å². The monoisotopic (exact) mass is 189 g/mol. The highest BCUT2D eigenvalue weighted by Gasteiger charge is 2.02. The van der Waals surface area contributed by atoms with Crippen molar-refractivity contribution in [3.63, 3.8) is 0 Å². The molecule has 0 unspecified atom stereocenters. The molecule has 0 aromatic carbocycles. The van der Waals surface area contributed by atoms with E-state index >= 15 is 0 Å². The van der Waals surface area contributed by atoms with Gasteiger partial charge in [0, 0.05) is 13.3 Å². The first kappa shape index (κ1) is 11.9. The number of unbranched alkanes of at least 4 members (excludes halogenated alkanes) is 1. The molecule has 76 valence electrons. The third-order valence-electron chi connectivity index (χ3n) is 1.32. The van der Waals surface area contributed by atoms with Crippen LogP contribution in [0.4, 0.5) is 0 Å². The fourth-order valence-electron chi connectivity index (χ4n) is 0.664. The highest BCUT2D eigenvalue weighted by Crippen LogP contribution is 1.96. The molecule has 0 rings (SSSR count). The summed E-state index contributed by atoms with van der Waals surface area (Å²) in [5.41, 5.74) is 5.23. The van der Waals surface area contributed by atoms with Gasteiger partial charge in [0.05, 0.1) is 0 Å². The van der Waals surface area contributed by atoms with Gasteiger partial charge in [-0.1, -0.05) is 0 Å². The van der Waals surface area contributed by atoms with E-state index in [0.29, 0.717) is 19.4 Å². The molecule has 2 N–H and O–H groups in total. The van der Waals surface area contributed by atoms with Crippen LogP contribution in [0.1, 0.15) is 26.2 Å². The predicted octanol–water partition coefficient (Wildman–Crippen LogP) is 0.179. The Morgan fingerprint density at radius 2 is 1.92 bits per heavy atom. The molecule has 5 nitrogen and oxygen atoms in total. The zero-order valence-electron chi connectivity index (χ0n) is 7.75. The zero-order chi connectivity index (χ0) is 10.1. The van der Waals surface area contributed by atoms with Gasteiger partial charge >= 0.3 is 11.9 Å². The molecule has 0 aliphatic rings. The van der Waals surface area contributed by atoms with E-state index in [1.165, 1.54) is 6.92 Å². The number of hydrogen-bond donors (Lipinski definition) is 1. The largest absolute Gasteiger partial charge is 0.428 e. The zero-order valence-corrected chi connectivity index (χ0v) is 7.75. The van der Waals surface area contributed by atoms with Gasteiger partial charge < -0.3 is 15.2 Å². The molecule has 0 aromatic rings. The summed E-state index contributed by atoms with van der Waals surface area (Å²) in [6.45, 7) is 1.52. The summed E-state index contributed by atoms with van der Waals surface area (Å²) in [5.74, 6) is -0.829. The van der Waals surface area contributed by atoms with Gasteiger partial charge in [-0.3, -0.25) is 9.59 Å². The Morgan fingerprint density at radius 1 is 1.23 bits per heavy atom. The van der Waals surface area contributed by atoms with Crippen LogP contribution in [0.15, 0.2) is 0 Å². The second-order valence-electron chi connectivity index (χ2n) is 2.52. The third-order valence-corrected chi connectivity index (χ3v) is 1.32. The van der Waals surface area contributed by atoms with Crippen LogP contribution < -0.4 is 5.73 Å². The number of nitrogens with two attached hydrogens (primary N) is 1. The normalized spacial score (nSPS) is 9.38. The number of carbonyl (C=O) groups is 2. The highest BCUT2D eigenvalue weighted by atomic mass is 16.7. The maximum atomic E-state index is 10.8.